The van der Waals surface area contributed by atoms with Gasteiger partial charge in [0, 0.05) is 6.07 Å². The van der Waals surface area contributed by atoms with Crippen LogP contribution >= 0.6 is 0 Å². The van der Waals surface area contributed by atoms with E-state index in [0.29, 0.717) is 0 Å². The molecule has 0 aliphatic heterocycles. The molecular weight excluding hydrogens is 166 g/mol. The van der Waals surface area contributed by atoms with E-state index >= 15 is 0 Å². The van der Waals surface area contributed by atoms with Crippen LogP contribution in [0.3, 0.4) is 0 Å². The summed E-state index contributed by atoms with van der Waals surface area (Å²) in [5.74, 6) is -2.68. The minimum atomic E-state index is -1.34. The number of rotatable bonds is 2. The molecule has 1 heterocycles. The van der Waals surface area contributed by atoms with E-state index in [1.807, 2.05) is 0 Å². The van der Waals surface area contributed by atoms with Gasteiger partial charge in [0.25, 0.3) is 0 Å². The lowest BCUT2D eigenvalue weighted by molar-refractivity contribution is 0.0685. The molecule has 12 heavy (non-hydrogen) atoms. The van der Waals surface area contributed by atoms with Crippen molar-refractivity contribution < 1.29 is 19.8 Å². The largest absolute Gasteiger partial charge is 0.476 e. The Labute approximate surface area is 65.7 Å². The van der Waals surface area contributed by atoms with E-state index in [2.05, 4.69) is 15.4 Å². The summed E-state index contributed by atoms with van der Waals surface area (Å²) in [6.07, 6.45) is 0. The molecule has 0 atom stereocenters. The minimum Gasteiger partial charge on any atom is -0.476 e. The maximum absolute atomic E-state index is 10.3. The molecule has 0 fully saturated rings. The van der Waals surface area contributed by atoms with Crippen LogP contribution in [0.1, 0.15) is 21.0 Å². The summed E-state index contributed by atoms with van der Waals surface area (Å²) in [5.41, 5.74) is -0.884. The zero-order valence-corrected chi connectivity index (χ0v) is 5.63. The predicted octanol–water partition coefficient (Wildman–Crippen LogP) is -0.732. The molecule has 0 unspecified atom stereocenters. The second-order valence-corrected chi connectivity index (χ2v) is 1.81. The van der Waals surface area contributed by atoms with Gasteiger partial charge in [-0.05, 0) is 5.21 Å². The lowest BCUT2D eigenvalue weighted by Crippen LogP contribution is -2.09. The normalized spacial score (nSPS) is 9.33. The van der Waals surface area contributed by atoms with Crippen molar-refractivity contribution in [2.75, 3.05) is 0 Å². The topological polar surface area (TPSA) is 113 Å². The summed E-state index contributed by atoms with van der Waals surface area (Å²) in [6, 6.07) is 0.831. The highest BCUT2D eigenvalue weighted by Crippen LogP contribution is 1.95. The number of carboxylic acids is 2. The zero-order valence-electron chi connectivity index (χ0n) is 5.63. The molecule has 0 spiro atoms. The summed E-state index contributed by atoms with van der Waals surface area (Å²) in [5, 5.41) is 25.9. The van der Waals surface area contributed by atoms with Gasteiger partial charge in [0.1, 0.15) is 0 Å². The van der Waals surface area contributed by atoms with Crippen LogP contribution in [0.5, 0.6) is 0 Å². The summed E-state index contributed by atoms with van der Waals surface area (Å²) < 4.78 is 0. The molecule has 0 bridgehead atoms. The average molecular weight is 169 g/mol. The van der Waals surface area contributed by atoms with Gasteiger partial charge in [-0.2, -0.15) is 0 Å². The second kappa shape index (κ2) is 2.91. The van der Waals surface area contributed by atoms with Crippen molar-refractivity contribution in [1.82, 2.24) is 15.4 Å². The molecule has 62 valence electrons. The summed E-state index contributed by atoms with van der Waals surface area (Å²) in [7, 11) is 0. The molecule has 0 radical (unpaired) electrons. The number of aromatic carboxylic acids is 2. The summed E-state index contributed by atoms with van der Waals surface area (Å²) >= 11 is 0. The molecular formula is C5H3N3O4. The van der Waals surface area contributed by atoms with Crippen molar-refractivity contribution in [3.8, 4) is 0 Å². The average Bonchev–Trinajstić information content (AvgIpc) is 2.04. The summed E-state index contributed by atoms with van der Waals surface area (Å²) in [4.78, 5) is 20.5. The molecule has 0 aliphatic rings. The molecule has 0 aliphatic carbocycles. The second-order valence-electron chi connectivity index (χ2n) is 1.81. The number of hydrogen-bond acceptors (Lipinski definition) is 5. The molecule has 0 saturated heterocycles. The number of hydrogen-bond donors (Lipinski definition) is 2. The van der Waals surface area contributed by atoms with Gasteiger partial charge in [0.05, 0.1) is 0 Å². The fourth-order valence-corrected chi connectivity index (χ4v) is 0.515. The van der Waals surface area contributed by atoms with Crippen molar-refractivity contribution in [2.24, 2.45) is 0 Å². The van der Waals surface area contributed by atoms with Crippen LogP contribution in [0.15, 0.2) is 6.07 Å². The predicted molar refractivity (Wildman–Crippen MR) is 33.7 cm³/mol. The maximum Gasteiger partial charge on any atom is 0.356 e. The fraction of sp³-hybridized carbons (Fsp3) is 0. The van der Waals surface area contributed by atoms with Crippen molar-refractivity contribution in [1.29, 1.82) is 0 Å². The first-order chi connectivity index (χ1) is 5.61. The Morgan fingerprint density at radius 1 is 1.08 bits per heavy atom. The van der Waals surface area contributed by atoms with Crippen LogP contribution < -0.4 is 0 Å². The Morgan fingerprint density at radius 3 is 1.83 bits per heavy atom. The highest BCUT2D eigenvalue weighted by molar-refractivity contribution is 5.90. The molecule has 1 rings (SSSR count). The zero-order chi connectivity index (χ0) is 9.14. The van der Waals surface area contributed by atoms with Crippen LogP contribution in [0, 0.1) is 0 Å². The van der Waals surface area contributed by atoms with Gasteiger partial charge in [0.15, 0.2) is 11.4 Å². The molecule has 7 nitrogen and oxygen atoms in total. The smallest absolute Gasteiger partial charge is 0.356 e. The van der Waals surface area contributed by atoms with Crippen molar-refractivity contribution in [3.63, 3.8) is 0 Å². The van der Waals surface area contributed by atoms with E-state index in [1.165, 1.54) is 0 Å². The molecule has 1 aromatic heterocycles. The Bertz CT molecular complexity index is 308. The van der Waals surface area contributed by atoms with Crippen LogP contribution in [0.25, 0.3) is 0 Å². The van der Waals surface area contributed by atoms with Gasteiger partial charge < -0.3 is 10.2 Å². The van der Waals surface area contributed by atoms with Crippen LogP contribution in [0.2, 0.25) is 0 Å². The first-order valence-electron chi connectivity index (χ1n) is 2.78. The standard InChI is InChI=1S/C5H3N3O4/c9-4(10)2-1-3(5(11)12)7-8-6-2/h1H,(H,9,10)(H,11,12). The van der Waals surface area contributed by atoms with E-state index < -0.39 is 23.3 Å². The monoisotopic (exact) mass is 169 g/mol. The van der Waals surface area contributed by atoms with Crippen molar-refractivity contribution in [3.05, 3.63) is 17.5 Å². The summed E-state index contributed by atoms with van der Waals surface area (Å²) in [6.45, 7) is 0. The van der Waals surface area contributed by atoms with Gasteiger partial charge >= 0.3 is 11.9 Å². The Morgan fingerprint density at radius 2 is 1.50 bits per heavy atom. The van der Waals surface area contributed by atoms with E-state index in [1.54, 1.807) is 0 Å². The quantitative estimate of drug-likeness (QED) is 0.599. The van der Waals surface area contributed by atoms with E-state index in [-0.39, 0.29) is 0 Å². The number of aromatic nitrogens is 3. The van der Waals surface area contributed by atoms with Crippen molar-refractivity contribution in [2.45, 2.75) is 0 Å². The van der Waals surface area contributed by atoms with Crippen LogP contribution in [0.4, 0.5) is 0 Å². The minimum absolute atomic E-state index is 0.442. The molecule has 0 amide bonds. The molecule has 0 aromatic carbocycles. The highest BCUT2D eigenvalue weighted by Gasteiger charge is 2.11. The molecule has 0 saturated carbocycles. The Kier molecular flexibility index (Phi) is 1.95. The first kappa shape index (κ1) is 8.05. The van der Waals surface area contributed by atoms with Gasteiger partial charge in [0.2, 0.25) is 0 Å². The SMILES string of the molecule is O=C(O)c1cc(C(=O)O)nnn1. The lowest BCUT2D eigenvalue weighted by Gasteiger charge is -1.92. The van der Waals surface area contributed by atoms with Gasteiger partial charge in [-0.1, -0.05) is 0 Å². The van der Waals surface area contributed by atoms with E-state index in [9.17, 15) is 9.59 Å². The number of carboxylic acid groups (broad SMARTS) is 2. The van der Waals surface area contributed by atoms with Crippen LogP contribution in [-0.2, 0) is 0 Å². The highest BCUT2D eigenvalue weighted by atomic mass is 16.4. The Balaban J connectivity index is 3.12. The third kappa shape index (κ3) is 1.51. The Hall–Kier alpha value is -2.05. The first-order valence-corrected chi connectivity index (χ1v) is 2.78. The van der Waals surface area contributed by atoms with E-state index in [0.717, 1.165) is 6.07 Å². The van der Waals surface area contributed by atoms with Gasteiger partial charge in [-0.3, -0.25) is 0 Å². The number of nitrogens with zero attached hydrogens (tertiary/aromatic N) is 3. The van der Waals surface area contributed by atoms with Gasteiger partial charge in [-0.25, -0.2) is 9.59 Å². The molecule has 1 aromatic rings. The third-order valence-electron chi connectivity index (χ3n) is 1.02. The van der Waals surface area contributed by atoms with Gasteiger partial charge in [-0.15, -0.1) is 10.2 Å². The van der Waals surface area contributed by atoms with Crippen molar-refractivity contribution >= 4 is 11.9 Å². The molecule has 7 heteroatoms. The third-order valence-corrected chi connectivity index (χ3v) is 1.02. The fourth-order valence-electron chi connectivity index (χ4n) is 0.515. The number of carbonyl (C=O) groups is 2. The lowest BCUT2D eigenvalue weighted by atomic mass is 10.3. The van der Waals surface area contributed by atoms with Crippen LogP contribution in [-0.4, -0.2) is 37.6 Å². The maximum atomic E-state index is 10.3. The molecule has 2 N–H and O–H groups in total. The van der Waals surface area contributed by atoms with E-state index in [4.69, 9.17) is 10.2 Å².